The highest BCUT2D eigenvalue weighted by Crippen LogP contribution is 2.20. The van der Waals surface area contributed by atoms with Gasteiger partial charge in [-0.2, -0.15) is 0 Å². The third-order valence-electron chi connectivity index (χ3n) is 2.10. The van der Waals surface area contributed by atoms with Crippen molar-refractivity contribution in [2.24, 2.45) is 0 Å². The van der Waals surface area contributed by atoms with Gasteiger partial charge >= 0.3 is 0 Å². The summed E-state index contributed by atoms with van der Waals surface area (Å²) in [4.78, 5) is 3.41. The van der Waals surface area contributed by atoms with Crippen molar-refractivity contribution in [2.75, 3.05) is 0 Å². The Bertz CT molecular complexity index is 290. The third-order valence-corrected chi connectivity index (χ3v) is 2.10. The number of nitrogens with one attached hydrogen (secondary N) is 1. The minimum absolute atomic E-state index is 0.0851. The van der Waals surface area contributed by atoms with Crippen LogP contribution in [0.4, 0.5) is 8.78 Å². The van der Waals surface area contributed by atoms with E-state index in [1.54, 1.807) is 0 Å². The van der Waals surface area contributed by atoms with Crippen LogP contribution in [0.15, 0.2) is 12.4 Å². The van der Waals surface area contributed by atoms with Gasteiger partial charge in [0.15, 0.2) is 0 Å². The van der Waals surface area contributed by atoms with Gasteiger partial charge in [-0.1, -0.05) is 0 Å². The molecule has 1 N–H and O–H groups in total. The van der Waals surface area contributed by atoms with E-state index < -0.39 is 11.6 Å². The molecule has 1 saturated carbocycles. The summed E-state index contributed by atoms with van der Waals surface area (Å²) in [5, 5.41) is 3.05. The number of aromatic nitrogens is 1. The van der Waals surface area contributed by atoms with Gasteiger partial charge in [-0.15, -0.1) is 0 Å². The largest absolute Gasteiger partial charge is 0.310 e. The highest BCUT2D eigenvalue weighted by molar-refractivity contribution is 5.15. The maximum atomic E-state index is 13.0. The lowest BCUT2D eigenvalue weighted by atomic mass is 10.2. The van der Waals surface area contributed by atoms with Crippen molar-refractivity contribution < 1.29 is 8.78 Å². The third kappa shape index (κ3) is 2.01. The minimum atomic E-state index is -0.576. The minimum Gasteiger partial charge on any atom is -0.310 e. The van der Waals surface area contributed by atoms with Crippen molar-refractivity contribution in [1.82, 2.24) is 10.3 Å². The molecule has 13 heavy (non-hydrogen) atoms. The van der Waals surface area contributed by atoms with Gasteiger partial charge in [0, 0.05) is 18.2 Å². The molecule has 0 unspecified atom stereocenters. The zero-order chi connectivity index (χ0) is 9.26. The zero-order valence-electron chi connectivity index (χ0n) is 7.06. The molecule has 0 saturated heterocycles. The topological polar surface area (TPSA) is 24.9 Å². The van der Waals surface area contributed by atoms with Gasteiger partial charge in [0.25, 0.3) is 0 Å². The van der Waals surface area contributed by atoms with Gasteiger partial charge in [-0.05, 0) is 12.8 Å². The zero-order valence-corrected chi connectivity index (χ0v) is 7.06. The lowest BCUT2D eigenvalue weighted by Crippen LogP contribution is -2.17. The second-order valence-corrected chi connectivity index (χ2v) is 3.24. The molecule has 0 amide bonds. The summed E-state index contributed by atoms with van der Waals surface area (Å²) in [5.41, 5.74) is 0.0851. The Hall–Kier alpha value is -1.03. The fourth-order valence-corrected chi connectivity index (χ4v) is 1.14. The van der Waals surface area contributed by atoms with E-state index in [0.717, 1.165) is 25.2 Å². The smallest absolute Gasteiger partial charge is 0.148 e. The Morgan fingerprint density at radius 2 is 1.92 bits per heavy atom. The van der Waals surface area contributed by atoms with Crippen molar-refractivity contribution in [3.8, 4) is 0 Å². The summed E-state index contributed by atoms with van der Waals surface area (Å²) in [7, 11) is 0. The van der Waals surface area contributed by atoms with Gasteiger partial charge in [0.1, 0.15) is 11.6 Å². The summed E-state index contributed by atoms with van der Waals surface area (Å²) in [6.45, 7) is 0.255. The number of hydrogen-bond donors (Lipinski definition) is 1. The van der Waals surface area contributed by atoms with E-state index >= 15 is 0 Å². The molecule has 0 spiro atoms. The van der Waals surface area contributed by atoms with Crippen molar-refractivity contribution in [1.29, 1.82) is 0 Å². The number of halogens is 2. The molecule has 1 fully saturated rings. The van der Waals surface area contributed by atoms with Crippen molar-refractivity contribution >= 4 is 0 Å². The molecule has 2 nitrogen and oxygen atoms in total. The van der Waals surface area contributed by atoms with E-state index in [4.69, 9.17) is 0 Å². The van der Waals surface area contributed by atoms with Crippen LogP contribution < -0.4 is 5.32 Å². The molecule has 4 heteroatoms. The Morgan fingerprint density at radius 3 is 2.46 bits per heavy atom. The first-order valence-corrected chi connectivity index (χ1v) is 4.28. The number of rotatable bonds is 3. The number of nitrogens with zero attached hydrogens (tertiary/aromatic N) is 1. The van der Waals surface area contributed by atoms with Crippen LogP contribution in [0.1, 0.15) is 18.4 Å². The van der Waals surface area contributed by atoms with Crippen LogP contribution in [-0.2, 0) is 6.54 Å². The van der Waals surface area contributed by atoms with Crippen LogP contribution >= 0.6 is 0 Å². The molecule has 1 aliphatic carbocycles. The predicted octanol–water partition coefficient (Wildman–Crippen LogP) is 1.61. The lowest BCUT2D eigenvalue weighted by molar-refractivity contribution is 0.526. The Morgan fingerprint density at radius 1 is 1.31 bits per heavy atom. The number of pyridine rings is 1. The summed E-state index contributed by atoms with van der Waals surface area (Å²) in [5.74, 6) is -1.15. The first-order chi connectivity index (χ1) is 6.27. The highest BCUT2D eigenvalue weighted by atomic mass is 19.1. The maximum Gasteiger partial charge on any atom is 0.148 e. The molecule has 0 radical (unpaired) electrons. The fraction of sp³-hybridized carbons (Fsp3) is 0.444. The molecule has 1 aliphatic rings. The summed E-state index contributed by atoms with van der Waals surface area (Å²) >= 11 is 0. The van der Waals surface area contributed by atoms with Crippen molar-refractivity contribution in [2.45, 2.75) is 25.4 Å². The molecule has 0 aliphatic heterocycles. The average molecular weight is 184 g/mol. The van der Waals surface area contributed by atoms with Crippen molar-refractivity contribution in [3.05, 3.63) is 29.6 Å². The van der Waals surface area contributed by atoms with Crippen LogP contribution in [0.2, 0.25) is 0 Å². The van der Waals surface area contributed by atoms with Crippen LogP contribution in [0.5, 0.6) is 0 Å². The van der Waals surface area contributed by atoms with E-state index in [9.17, 15) is 8.78 Å². The van der Waals surface area contributed by atoms with E-state index in [2.05, 4.69) is 10.3 Å². The normalized spacial score (nSPS) is 16.2. The van der Waals surface area contributed by atoms with Crippen LogP contribution in [0.25, 0.3) is 0 Å². The molecule has 1 aromatic rings. The van der Waals surface area contributed by atoms with E-state index in [0.29, 0.717) is 6.04 Å². The van der Waals surface area contributed by atoms with E-state index in [1.165, 1.54) is 0 Å². The lowest BCUT2D eigenvalue weighted by Gasteiger charge is -2.04. The Labute approximate surface area is 75.0 Å². The van der Waals surface area contributed by atoms with Crippen LogP contribution in [-0.4, -0.2) is 11.0 Å². The molecule has 1 aromatic heterocycles. The summed E-state index contributed by atoms with van der Waals surface area (Å²) in [6, 6.07) is 0.451. The maximum absolute atomic E-state index is 13.0. The molecular weight excluding hydrogens is 174 g/mol. The molecule has 0 aromatic carbocycles. The Kier molecular flexibility index (Phi) is 2.22. The summed E-state index contributed by atoms with van der Waals surface area (Å²) < 4.78 is 26.0. The van der Waals surface area contributed by atoms with Crippen molar-refractivity contribution in [3.63, 3.8) is 0 Å². The first-order valence-electron chi connectivity index (χ1n) is 4.28. The molecule has 0 atom stereocenters. The molecule has 0 bridgehead atoms. The number of hydrogen-bond acceptors (Lipinski definition) is 2. The second kappa shape index (κ2) is 3.38. The van der Waals surface area contributed by atoms with E-state index in [1.807, 2.05) is 0 Å². The van der Waals surface area contributed by atoms with Crippen LogP contribution in [0.3, 0.4) is 0 Å². The molecule has 70 valence electrons. The van der Waals surface area contributed by atoms with Gasteiger partial charge in [0.05, 0.1) is 12.4 Å². The standard InChI is InChI=1S/C9H10F2N2/c10-8-4-12-5-9(11)7(8)3-13-6-1-2-6/h4-6,13H,1-3H2. The van der Waals surface area contributed by atoms with Gasteiger partial charge in [-0.25, -0.2) is 8.78 Å². The predicted molar refractivity (Wildman–Crippen MR) is 44.0 cm³/mol. The highest BCUT2D eigenvalue weighted by Gasteiger charge is 2.21. The molecule has 1 heterocycles. The summed E-state index contributed by atoms with van der Waals surface area (Å²) in [6.07, 6.45) is 4.28. The van der Waals surface area contributed by atoms with Gasteiger partial charge < -0.3 is 5.32 Å². The van der Waals surface area contributed by atoms with E-state index in [-0.39, 0.29) is 12.1 Å². The SMILES string of the molecule is Fc1cncc(F)c1CNC1CC1. The fourth-order valence-electron chi connectivity index (χ4n) is 1.14. The monoisotopic (exact) mass is 184 g/mol. The van der Waals surface area contributed by atoms with Gasteiger partial charge in [-0.3, -0.25) is 4.98 Å². The molecule has 2 rings (SSSR count). The first kappa shape index (κ1) is 8.56. The Balaban J connectivity index is 2.07. The average Bonchev–Trinajstić information content (AvgIpc) is 2.87. The van der Waals surface area contributed by atoms with Gasteiger partial charge in [0.2, 0.25) is 0 Å². The van der Waals surface area contributed by atoms with Crippen LogP contribution in [0, 0.1) is 11.6 Å². The molecular formula is C9H10F2N2. The second-order valence-electron chi connectivity index (χ2n) is 3.24. The quantitative estimate of drug-likeness (QED) is 0.772.